The van der Waals surface area contributed by atoms with Crippen molar-refractivity contribution in [2.45, 2.75) is 25.4 Å². The summed E-state index contributed by atoms with van der Waals surface area (Å²) in [6, 6.07) is 6.30. The molecule has 4 rings (SSSR count). The van der Waals surface area contributed by atoms with E-state index in [1.54, 1.807) is 29.1 Å². The van der Waals surface area contributed by atoms with Gasteiger partial charge in [-0.15, -0.1) is 5.10 Å². The van der Waals surface area contributed by atoms with E-state index in [0.29, 0.717) is 11.4 Å². The van der Waals surface area contributed by atoms with Gasteiger partial charge in [-0.05, 0) is 37.1 Å². The van der Waals surface area contributed by atoms with Gasteiger partial charge in [-0.25, -0.2) is 18.3 Å². The Bertz CT molecular complexity index is 1060. The largest absolute Gasteiger partial charge is 0.346 e. The Balaban J connectivity index is 1.62. The molecule has 2 aromatic heterocycles. The van der Waals surface area contributed by atoms with E-state index < -0.39 is 29.8 Å². The minimum absolute atomic E-state index is 0.0465. The van der Waals surface area contributed by atoms with Crippen LogP contribution >= 0.6 is 0 Å². The topological polar surface area (TPSA) is 81.8 Å². The van der Waals surface area contributed by atoms with Gasteiger partial charge in [0.2, 0.25) is 5.91 Å². The summed E-state index contributed by atoms with van der Waals surface area (Å²) in [5.41, 5.74) is -0.0507. The molecule has 0 spiro atoms. The van der Waals surface area contributed by atoms with Gasteiger partial charge in [-0.1, -0.05) is 0 Å². The zero-order valence-electron chi connectivity index (χ0n) is 14.1. The molecule has 3 aromatic rings. The zero-order valence-corrected chi connectivity index (χ0v) is 14.1. The van der Waals surface area contributed by atoms with Gasteiger partial charge in [0.15, 0.2) is 5.82 Å². The number of hydrogen-bond donors (Lipinski definition) is 1. The summed E-state index contributed by atoms with van der Waals surface area (Å²) in [5.74, 6) is -1.70. The Morgan fingerprint density at radius 1 is 1.26 bits per heavy atom. The van der Waals surface area contributed by atoms with Crippen molar-refractivity contribution in [2.75, 3.05) is 5.32 Å². The molecule has 0 radical (unpaired) electrons. The first kappa shape index (κ1) is 17.1. The van der Waals surface area contributed by atoms with Crippen LogP contribution in [0.15, 0.2) is 47.5 Å². The fourth-order valence-electron chi connectivity index (χ4n) is 2.80. The minimum Gasteiger partial charge on any atom is -0.322 e. The summed E-state index contributed by atoms with van der Waals surface area (Å²) in [4.78, 5) is 28.9. The lowest BCUT2D eigenvalue weighted by Crippen LogP contribution is -2.30. The van der Waals surface area contributed by atoms with Gasteiger partial charge < -0.3 is 5.32 Å². The summed E-state index contributed by atoms with van der Waals surface area (Å²) in [5, 5.41) is 6.53. The molecule has 9 heteroatoms. The van der Waals surface area contributed by atoms with Gasteiger partial charge in [-0.2, -0.15) is 0 Å². The van der Waals surface area contributed by atoms with Gasteiger partial charge in [0.1, 0.15) is 18.2 Å². The molecule has 138 valence electrons. The van der Waals surface area contributed by atoms with Crippen LogP contribution in [-0.4, -0.2) is 25.2 Å². The predicted molar refractivity (Wildman–Crippen MR) is 93.0 cm³/mol. The van der Waals surface area contributed by atoms with E-state index in [4.69, 9.17) is 0 Å². The number of halogens is 2. The average molecular weight is 371 g/mol. The SMILES string of the molecule is O=C(Cn1nc(-c2cccnc2)n(C2CC2)c1=O)Nc1cc(F)ccc1F. The number of rotatable bonds is 5. The van der Waals surface area contributed by atoms with Crippen molar-refractivity contribution in [3.8, 4) is 11.4 Å². The van der Waals surface area contributed by atoms with Crippen molar-refractivity contribution in [2.24, 2.45) is 0 Å². The second kappa shape index (κ2) is 6.75. The Hall–Kier alpha value is -3.36. The van der Waals surface area contributed by atoms with Gasteiger partial charge in [0.25, 0.3) is 0 Å². The van der Waals surface area contributed by atoms with Crippen LogP contribution in [-0.2, 0) is 11.3 Å². The molecule has 27 heavy (non-hydrogen) atoms. The first-order chi connectivity index (χ1) is 13.0. The Morgan fingerprint density at radius 2 is 2.07 bits per heavy atom. The molecule has 1 fully saturated rings. The van der Waals surface area contributed by atoms with Crippen LogP contribution in [0.5, 0.6) is 0 Å². The number of nitrogens with zero attached hydrogens (tertiary/aromatic N) is 4. The van der Waals surface area contributed by atoms with Gasteiger partial charge in [0, 0.05) is 30.1 Å². The number of nitrogens with one attached hydrogen (secondary N) is 1. The highest BCUT2D eigenvalue weighted by atomic mass is 19.1. The highest BCUT2D eigenvalue weighted by molar-refractivity contribution is 5.90. The third kappa shape index (κ3) is 3.48. The number of pyridine rings is 1. The molecular weight excluding hydrogens is 356 g/mol. The quantitative estimate of drug-likeness (QED) is 0.747. The van der Waals surface area contributed by atoms with Crippen LogP contribution in [0.1, 0.15) is 18.9 Å². The third-order valence-electron chi connectivity index (χ3n) is 4.20. The van der Waals surface area contributed by atoms with Gasteiger partial charge in [-0.3, -0.25) is 14.3 Å². The maximum Gasteiger partial charge on any atom is 0.346 e. The maximum absolute atomic E-state index is 13.7. The van der Waals surface area contributed by atoms with E-state index in [2.05, 4.69) is 15.4 Å². The molecule has 1 N–H and O–H groups in total. The molecule has 0 bridgehead atoms. The van der Waals surface area contributed by atoms with E-state index in [-0.39, 0.29) is 11.7 Å². The van der Waals surface area contributed by atoms with Crippen molar-refractivity contribution in [1.82, 2.24) is 19.3 Å². The van der Waals surface area contributed by atoms with Crippen LogP contribution in [0.4, 0.5) is 14.5 Å². The summed E-state index contributed by atoms with van der Waals surface area (Å²) in [6.45, 7) is -0.415. The highest BCUT2D eigenvalue weighted by Crippen LogP contribution is 2.36. The van der Waals surface area contributed by atoms with Crippen molar-refractivity contribution in [3.05, 3.63) is 64.8 Å². The number of hydrogen-bond acceptors (Lipinski definition) is 4. The molecule has 0 aliphatic heterocycles. The molecule has 1 aromatic carbocycles. The molecule has 1 aliphatic rings. The molecule has 0 unspecified atom stereocenters. The van der Waals surface area contributed by atoms with Crippen molar-refractivity contribution < 1.29 is 13.6 Å². The number of anilines is 1. The molecule has 0 saturated heterocycles. The summed E-state index contributed by atoms with van der Waals surface area (Å²) >= 11 is 0. The van der Waals surface area contributed by atoms with Crippen LogP contribution in [0.3, 0.4) is 0 Å². The van der Waals surface area contributed by atoms with Crippen LogP contribution < -0.4 is 11.0 Å². The molecule has 7 nitrogen and oxygen atoms in total. The fourth-order valence-corrected chi connectivity index (χ4v) is 2.80. The standard InChI is InChI=1S/C18H15F2N5O2/c19-12-3-6-14(20)15(8-12)22-16(26)10-24-18(27)25(13-4-5-13)17(23-24)11-2-1-7-21-9-11/h1-3,6-9,13H,4-5,10H2,(H,22,26). The van der Waals surface area contributed by atoms with E-state index >= 15 is 0 Å². The lowest BCUT2D eigenvalue weighted by Gasteiger charge is -2.06. The van der Waals surface area contributed by atoms with Gasteiger partial charge >= 0.3 is 5.69 Å². The normalized spacial score (nSPS) is 13.6. The van der Waals surface area contributed by atoms with E-state index in [1.807, 2.05) is 0 Å². The number of carbonyl (C=O) groups is 1. The Labute approximate surface area is 152 Å². The van der Waals surface area contributed by atoms with E-state index in [0.717, 1.165) is 35.7 Å². The molecule has 1 saturated carbocycles. The highest BCUT2D eigenvalue weighted by Gasteiger charge is 2.30. The summed E-state index contributed by atoms with van der Waals surface area (Å²) in [6.07, 6.45) is 4.92. The lowest BCUT2D eigenvalue weighted by molar-refractivity contribution is -0.117. The second-order valence-corrected chi connectivity index (χ2v) is 6.28. The Morgan fingerprint density at radius 3 is 2.78 bits per heavy atom. The van der Waals surface area contributed by atoms with Crippen LogP contribution in [0.2, 0.25) is 0 Å². The molecule has 1 aliphatic carbocycles. The monoisotopic (exact) mass is 371 g/mol. The minimum atomic E-state index is -0.767. The second-order valence-electron chi connectivity index (χ2n) is 6.28. The maximum atomic E-state index is 13.7. The van der Waals surface area contributed by atoms with Crippen molar-refractivity contribution in [3.63, 3.8) is 0 Å². The van der Waals surface area contributed by atoms with Crippen molar-refractivity contribution >= 4 is 11.6 Å². The fraction of sp³-hybridized carbons (Fsp3) is 0.222. The first-order valence-corrected chi connectivity index (χ1v) is 8.37. The number of benzene rings is 1. The number of aromatic nitrogens is 4. The summed E-state index contributed by atoms with van der Waals surface area (Å²) < 4.78 is 29.5. The van der Waals surface area contributed by atoms with Crippen LogP contribution in [0.25, 0.3) is 11.4 Å². The third-order valence-corrected chi connectivity index (χ3v) is 4.20. The summed E-state index contributed by atoms with van der Waals surface area (Å²) in [7, 11) is 0. The molecule has 1 amide bonds. The van der Waals surface area contributed by atoms with Crippen molar-refractivity contribution in [1.29, 1.82) is 0 Å². The Kier molecular flexibility index (Phi) is 4.27. The number of amides is 1. The molecular formula is C18H15F2N5O2. The molecule has 2 heterocycles. The first-order valence-electron chi connectivity index (χ1n) is 8.37. The van der Waals surface area contributed by atoms with Gasteiger partial charge in [0.05, 0.1) is 5.69 Å². The number of carbonyl (C=O) groups excluding carboxylic acids is 1. The van der Waals surface area contributed by atoms with E-state index in [1.165, 1.54) is 0 Å². The zero-order chi connectivity index (χ0) is 19.0. The van der Waals surface area contributed by atoms with Crippen LogP contribution in [0, 0.1) is 11.6 Å². The average Bonchev–Trinajstić information content (AvgIpc) is 3.44. The predicted octanol–water partition coefficient (Wildman–Crippen LogP) is 2.36. The van der Waals surface area contributed by atoms with E-state index in [9.17, 15) is 18.4 Å². The molecule has 0 atom stereocenters. The lowest BCUT2D eigenvalue weighted by atomic mass is 10.3. The smallest absolute Gasteiger partial charge is 0.322 e.